The number of carbonyl (C=O) groups is 1. The molecule has 3 rings (SSSR count). The molecule has 1 aromatic carbocycles. The van der Waals surface area contributed by atoms with Crippen LogP contribution in [0, 0.1) is 5.92 Å². The SMILES string of the molecule is COc1ccc(C(=O)NC[C@@H]2CCO[C@H]2c2ccccc2)nn1. The molecule has 2 aromatic rings. The third kappa shape index (κ3) is 3.65. The van der Waals surface area contributed by atoms with Crippen LogP contribution in [0.2, 0.25) is 0 Å². The van der Waals surface area contributed by atoms with E-state index in [0.717, 1.165) is 12.0 Å². The maximum atomic E-state index is 12.1. The van der Waals surface area contributed by atoms with Crippen LogP contribution < -0.4 is 10.1 Å². The van der Waals surface area contributed by atoms with E-state index >= 15 is 0 Å². The number of aromatic nitrogens is 2. The minimum atomic E-state index is -0.237. The predicted octanol–water partition coefficient (Wildman–Crippen LogP) is 1.99. The Balaban J connectivity index is 1.59. The highest BCUT2D eigenvalue weighted by atomic mass is 16.5. The summed E-state index contributed by atoms with van der Waals surface area (Å²) in [7, 11) is 1.51. The third-order valence-corrected chi connectivity index (χ3v) is 3.95. The van der Waals surface area contributed by atoms with Crippen LogP contribution in [0.4, 0.5) is 0 Å². The van der Waals surface area contributed by atoms with Crippen molar-refractivity contribution in [2.75, 3.05) is 20.3 Å². The molecule has 1 amide bonds. The first-order valence-corrected chi connectivity index (χ1v) is 7.60. The minimum Gasteiger partial charge on any atom is -0.480 e. The lowest BCUT2D eigenvalue weighted by atomic mass is 9.95. The summed E-state index contributed by atoms with van der Waals surface area (Å²) in [5, 5.41) is 10.6. The average Bonchev–Trinajstić information content (AvgIpc) is 3.09. The number of hydrogen-bond acceptors (Lipinski definition) is 5. The second kappa shape index (κ2) is 7.19. The summed E-state index contributed by atoms with van der Waals surface area (Å²) in [5.74, 6) is 0.404. The van der Waals surface area contributed by atoms with E-state index in [-0.39, 0.29) is 23.6 Å². The standard InChI is InChI=1S/C17H19N3O3/c1-22-15-8-7-14(19-20-15)17(21)18-11-13-9-10-23-16(13)12-5-3-2-4-6-12/h2-8,13,16H,9-11H2,1H3,(H,18,21)/t13-,16-/m0/s1. The lowest BCUT2D eigenvalue weighted by Crippen LogP contribution is -2.31. The van der Waals surface area contributed by atoms with Gasteiger partial charge in [0.1, 0.15) is 0 Å². The Morgan fingerprint density at radius 3 is 2.78 bits per heavy atom. The fraction of sp³-hybridized carbons (Fsp3) is 0.353. The number of carbonyl (C=O) groups excluding carboxylic acids is 1. The topological polar surface area (TPSA) is 73.3 Å². The summed E-state index contributed by atoms with van der Waals surface area (Å²) in [6, 6.07) is 13.3. The molecule has 6 heteroatoms. The van der Waals surface area contributed by atoms with Crippen LogP contribution in [-0.2, 0) is 4.74 Å². The molecule has 0 aliphatic carbocycles. The second-order valence-electron chi connectivity index (χ2n) is 5.42. The zero-order chi connectivity index (χ0) is 16.1. The largest absolute Gasteiger partial charge is 0.480 e. The van der Waals surface area contributed by atoms with Gasteiger partial charge in [0, 0.05) is 25.1 Å². The molecule has 6 nitrogen and oxygen atoms in total. The number of nitrogens with one attached hydrogen (secondary N) is 1. The molecule has 0 spiro atoms. The number of amides is 1. The van der Waals surface area contributed by atoms with Gasteiger partial charge >= 0.3 is 0 Å². The molecule has 1 aromatic heterocycles. The van der Waals surface area contributed by atoms with E-state index in [4.69, 9.17) is 9.47 Å². The van der Waals surface area contributed by atoms with Crippen molar-refractivity contribution in [1.29, 1.82) is 0 Å². The van der Waals surface area contributed by atoms with Gasteiger partial charge in [0.2, 0.25) is 5.88 Å². The zero-order valence-electron chi connectivity index (χ0n) is 12.9. The lowest BCUT2D eigenvalue weighted by Gasteiger charge is -2.19. The maximum absolute atomic E-state index is 12.1. The molecule has 1 fully saturated rings. The molecular weight excluding hydrogens is 294 g/mol. The molecule has 1 saturated heterocycles. The van der Waals surface area contributed by atoms with Gasteiger partial charge in [-0.2, -0.15) is 0 Å². The summed E-state index contributed by atoms with van der Waals surface area (Å²) >= 11 is 0. The first kappa shape index (κ1) is 15.4. The Labute approximate surface area is 134 Å². The molecule has 23 heavy (non-hydrogen) atoms. The molecule has 2 atom stereocenters. The van der Waals surface area contributed by atoms with Crippen molar-refractivity contribution >= 4 is 5.91 Å². The van der Waals surface area contributed by atoms with E-state index in [1.807, 2.05) is 18.2 Å². The van der Waals surface area contributed by atoms with Crippen LogP contribution in [0.3, 0.4) is 0 Å². The van der Waals surface area contributed by atoms with Gasteiger partial charge in [-0.05, 0) is 18.1 Å². The average molecular weight is 313 g/mol. The van der Waals surface area contributed by atoms with E-state index in [0.29, 0.717) is 19.0 Å². The van der Waals surface area contributed by atoms with E-state index < -0.39 is 0 Å². The maximum Gasteiger partial charge on any atom is 0.271 e. The molecule has 1 aliphatic rings. The van der Waals surface area contributed by atoms with Crippen LogP contribution in [-0.4, -0.2) is 36.4 Å². The van der Waals surface area contributed by atoms with Crippen molar-refractivity contribution in [3.05, 3.63) is 53.7 Å². The summed E-state index contributed by atoms with van der Waals surface area (Å²) in [4.78, 5) is 12.1. The van der Waals surface area contributed by atoms with Crippen molar-refractivity contribution < 1.29 is 14.3 Å². The van der Waals surface area contributed by atoms with E-state index in [9.17, 15) is 4.79 Å². The Kier molecular flexibility index (Phi) is 4.83. The number of ether oxygens (including phenoxy) is 2. The van der Waals surface area contributed by atoms with Crippen molar-refractivity contribution in [3.8, 4) is 5.88 Å². The monoisotopic (exact) mass is 313 g/mol. The smallest absolute Gasteiger partial charge is 0.271 e. The molecule has 1 N–H and O–H groups in total. The summed E-state index contributed by atoms with van der Waals surface area (Å²) in [6.45, 7) is 1.26. The normalized spacial score (nSPS) is 20.2. The number of rotatable bonds is 5. The summed E-state index contributed by atoms with van der Waals surface area (Å²) in [6.07, 6.45) is 0.951. The molecule has 2 heterocycles. The fourth-order valence-electron chi connectivity index (χ4n) is 2.72. The van der Waals surface area contributed by atoms with Crippen LogP contribution in [0.15, 0.2) is 42.5 Å². The Morgan fingerprint density at radius 1 is 1.26 bits per heavy atom. The number of benzene rings is 1. The van der Waals surface area contributed by atoms with Crippen LogP contribution in [0.1, 0.15) is 28.6 Å². The molecule has 1 aliphatic heterocycles. The van der Waals surface area contributed by atoms with Gasteiger partial charge in [0.15, 0.2) is 5.69 Å². The summed E-state index contributed by atoms with van der Waals surface area (Å²) in [5.41, 5.74) is 1.43. The van der Waals surface area contributed by atoms with Crippen LogP contribution in [0.25, 0.3) is 0 Å². The van der Waals surface area contributed by atoms with Crippen molar-refractivity contribution in [2.24, 2.45) is 5.92 Å². The molecule has 0 bridgehead atoms. The van der Waals surface area contributed by atoms with Crippen LogP contribution >= 0.6 is 0 Å². The number of nitrogens with zero attached hydrogens (tertiary/aromatic N) is 2. The van der Waals surface area contributed by atoms with Gasteiger partial charge < -0.3 is 14.8 Å². The Bertz CT molecular complexity index is 646. The lowest BCUT2D eigenvalue weighted by molar-refractivity contribution is 0.0843. The minimum absolute atomic E-state index is 0.0263. The molecule has 120 valence electrons. The van der Waals surface area contributed by atoms with E-state index in [1.165, 1.54) is 7.11 Å². The first-order chi connectivity index (χ1) is 11.3. The second-order valence-corrected chi connectivity index (χ2v) is 5.42. The Morgan fingerprint density at radius 2 is 2.09 bits per heavy atom. The van der Waals surface area contributed by atoms with Crippen molar-refractivity contribution in [1.82, 2.24) is 15.5 Å². The molecule has 0 saturated carbocycles. The van der Waals surface area contributed by atoms with Gasteiger partial charge in [-0.15, -0.1) is 10.2 Å². The summed E-state index contributed by atoms with van der Waals surface area (Å²) < 4.78 is 10.8. The van der Waals surface area contributed by atoms with Gasteiger partial charge in [0.25, 0.3) is 5.91 Å². The molecule has 0 unspecified atom stereocenters. The highest BCUT2D eigenvalue weighted by Gasteiger charge is 2.29. The van der Waals surface area contributed by atoms with E-state index in [1.54, 1.807) is 12.1 Å². The van der Waals surface area contributed by atoms with Crippen LogP contribution in [0.5, 0.6) is 5.88 Å². The predicted molar refractivity (Wildman–Crippen MR) is 84.2 cm³/mol. The highest BCUT2D eigenvalue weighted by Crippen LogP contribution is 2.33. The van der Waals surface area contributed by atoms with Crippen molar-refractivity contribution in [3.63, 3.8) is 0 Å². The number of methoxy groups -OCH3 is 1. The number of hydrogen-bond donors (Lipinski definition) is 1. The van der Waals surface area contributed by atoms with E-state index in [2.05, 4.69) is 27.6 Å². The van der Waals surface area contributed by atoms with Crippen molar-refractivity contribution in [2.45, 2.75) is 12.5 Å². The quantitative estimate of drug-likeness (QED) is 0.914. The zero-order valence-corrected chi connectivity index (χ0v) is 12.9. The van der Waals surface area contributed by atoms with Gasteiger partial charge in [-0.3, -0.25) is 4.79 Å². The van der Waals surface area contributed by atoms with Gasteiger partial charge in [0.05, 0.1) is 13.2 Å². The molecule has 0 radical (unpaired) electrons. The van der Waals surface area contributed by atoms with Gasteiger partial charge in [-0.25, -0.2) is 0 Å². The first-order valence-electron chi connectivity index (χ1n) is 7.60. The fourth-order valence-corrected chi connectivity index (χ4v) is 2.72. The van der Waals surface area contributed by atoms with Gasteiger partial charge in [-0.1, -0.05) is 30.3 Å². The highest BCUT2D eigenvalue weighted by molar-refractivity contribution is 5.92. The third-order valence-electron chi connectivity index (χ3n) is 3.95. The Hall–Kier alpha value is -2.47. The molecular formula is C17H19N3O3.